The second-order valence-electron chi connectivity index (χ2n) is 7.23. The van der Waals surface area contributed by atoms with Crippen LogP contribution in [0.4, 0.5) is 0 Å². The number of amides is 1. The van der Waals surface area contributed by atoms with Gasteiger partial charge in [-0.2, -0.15) is 0 Å². The van der Waals surface area contributed by atoms with Gasteiger partial charge in [0.25, 0.3) is 5.91 Å². The monoisotopic (exact) mass is 379 g/mol. The Bertz CT molecular complexity index is 1050. The van der Waals surface area contributed by atoms with E-state index in [1.165, 1.54) is 0 Å². The van der Waals surface area contributed by atoms with Crippen LogP contribution in [-0.2, 0) is 11.2 Å². The first-order valence-corrected chi connectivity index (χ1v) is 9.38. The molecule has 3 rings (SSSR count). The van der Waals surface area contributed by atoms with Gasteiger partial charge in [-0.1, -0.05) is 30.3 Å². The smallest absolute Gasteiger partial charge is 0.340 e. The van der Waals surface area contributed by atoms with Gasteiger partial charge < -0.3 is 14.5 Å². The molecular formula is C23H25NO4. The second kappa shape index (κ2) is 8.30. The van der Waals surface area contributed by atoms with Gasteiger partial charge in [-0.15, -0.1) is 0 Å². The van der Waals surface area contributed by atoms with E-state index in [-0.39, 0.29) is 24.2 Å². The Kier molecular flexibility index (Phi) is 5.83. The van der Waals surface area contributed by atoms with Gasteiger partial charge in [0.05, 0.1) is 0 Å². The van der Waals surface area contributed by atoms with Crippen molar-refractivity contribution in [3.63, 3.8) is 0 Å². The number of carbonyl (C=O) groups excluding carboxylic acids is 1. The molecule has 0 atom stereocenters. The number of nitrogens with one attached hydrogen (secondary N) is 1. The molecule has 1 heterocycles. The van der Waals surface area contributed by atoms with Crippen LogP contribution in [0.2, 0.25) is 0 Å². The van der Waals surface area contributed by atoms with Gasteiger partial charge in [0.2, 0.25) is 0 Å². The van der Waals surface area contributed by atoms with Crippen molar-refractivity contribution in [2.24, 2.45) is 0 Å². The minimum atomic E-state index is -0.341. The Hall–Kier alpha value is -3.08. The average Bonchev–Trinajstić information content (AvgIpc) is 2.65. The third kappa shape index (κ3) is 4.25. The summed E-state index contributed by atoms with van der Waals surface area (Å²) >= 11 is 0. The molecule has 0 fully saturated rings. The zero-order valence-electron chi connectivity index (χ0n) is 16.7. The lowest BCUT2D eigenvalue weighted by molar-refractivity contribution is -0.123. The maximum Gasteiger partial charge on any atom is 0.340 e. The summed E-state index contributed by atoms with van der Waals surface area (Å²) in [6, 6.07) is 13.6. The van der Waals surface area contributed by atoms with Crippen molar-refractivity contribution in [3.8, 4) is 5.75 Å². The van der Waals surface area contributed by atoms with Gasteiger partial charge in [-0.3, -0.25) is 4.79 Å². The number of benzene rings is 2. The van der Waals surface area contributed by atoms with Crippen molar-refractivity contribution in [2.75, 3.05) is 6.61 Å². The van der Waals surface area contributed by atoms with Crippen LogP contribution in [0.25, 0.3) is 11.0 Å². The van der Waals surface area contributed by atoms with E-state index >= 15 is 0 Å². The first-order chi connectivity index (χ1) is 13.4. The second-order valence-corrected chi connectivity index (χ2v) is 7.23. The summed E-state index contributed by atoms with van der Waals surface area (Å²) < 4.78 is 11.3. The number of hydrogen-bond donors (Lipinski definition) is 1. The molecule has 0 radical (unpaired) electrons. The van der Waals surface area contributed by atoms with Crippen LogP contribution in [0.5, 0.6) is 5.75 Å². The molecule has 1 N–H and O–H groups in total. The third-order valence-corrected chi connectivity index (χ3v) is 4.69. The largest absolute Gasteiger partial charge is 0.483 e. The van der Waals surface area contributed by atoms with Gasteiger partial charge in [-0.25, -0.2) is 4.79 Å². The molecule has 0 aliphatic heterocycles. The molecular weight excluding hydrogens is 354 g/mol. The molecule has 0 aliphatic carbocycles. The zero-order chi connectivity index (χ0) is 20.3. The van der Waals surface area contributed by atoms with E-state index in [1.54, 1.807) is 0 Å². The molecule has 3 aromatic rings. The molecule has 0 bridgehead atoms. The van der Waals surface area contributed by atoms with Crippen LogP contribution in [0.15, 0.2) is 51.7 Å². The third-order valence-electron chi connectivity index (χ3n) is 4.69. The first-order valence-electron chi connectivity index (χ1n) is 9.38. The normalized spacial score (nSPS) is 11.0. The lowest BCUT2D eigenvalue weighted by atomic mass is 9.98. The van der Waals surface area contributed by atoms with Crippen LogP contribution >= 0.6 is 0 Å². The maximum absolute atomic E-state index is 12.6. The van der Waals surface area contributed by atoms with Crippen LogP contribution in [0.1, 0.15) is 36.1 Å². The van der Waals surface area contributed by atoms with Crippen molar-refractivity contribution in [2.45, 2.75) is 40.2 Å². The van der Waals surface area contributed by atoms with Gasteiger partial charge in [-0.05, 0) is 51.0 Å². The van der Waals surface area contributed by atoms with E-state index in [2.05, 4.69) is 5.32 Å². The zero-order valence-corrected chi connectivity index (χ0v) is 16.7. The van der Waals surface area contributed by atoms with Crippen molar-refractivity contribution in [1.82, 2.24) is 5.32 Å². The van der Waals surface area contributed by atoms with Crippen LogP contribution in [0.3, 0.4) is 0 Å². The van der Waals surface area contributed by atoms with Crippen molar-refractivity contribution < 1.29 is 13.9 Å². The van der Waals surface area contributed by atoms with Crippen molar-refractivity contribution in [3.05, 3.63) is 75.1 Å². The molecule has 0 saturated carbocycles. The van der Waals surface area contributed by atoms with Gasteiger partial charge in [0.1, 0.15) is 11.3 Å². The lowest BCUT2D eigenvalue weighted by Crippen LogP contribution is -2.34. The summed E-state index contributed by atoms with van der Waals surface area (Å²) in [4.78, 5) is 24.5. The summed E-state index contributed by atoms with van der Waals surface area (Å²) in [7, 11) is 0. The van der Waals surface area contributed by atoms with Crippen LogP contribution < -0.4 is 15.7 Å². The SMILES string of the molecule is Cc1c(Cc2ccccc2)c(=O)oc2c(C)c(OCC(=O)NC(C)C)ccc12. The van der Waals surface area contributed by atoms with E-state index in [9.17, 15) is 9.59 Å². The van der Waals surface area contributed by atoms with E-state index in [0.717, 1.165) is 16.5 Å². The predicted octanol–water partition coefficient (Wildman–Crippen LogP) is 3.90. The number of aryl methyl sites for hydroxylation is 2. The highest BCUT2D eigenvalue weighted by Crippen LogP contribution is 2.30. The highest BCUT2D eigenvalue weighted by Gasteiger charge is 2.16. The number of fused-ring (bicyclic) bond motifs is 1. The lowest BCUT2D eigenvalue weighted by Gasteiger charge is -2.14. The van der Waals surface area contributed by atoms with Crippen molar-refractivity contribution >= 4 is 16.9 Å². The van der Waals surface area contributed by atoms with Gasteiger partial charge in [0, 0.05) is 29.0 Å². The summed E-state index contributed by atoms with van der Waals surface area (Å²) in [5.41, 5.74) is 3.49. The molecule has 5 nitrogen and oxygen atoms in total. The van der Waals surface area contributed by atoms with Gasteiger partial charge >= 0.3 is 5.63 Å². The molecule has 146 valence electrons. The molecule has 5 heteroatoms. The summed E-state index contributed by atoms with van der Waals surface area (Å²) in [6.07, 6.45) is 0.525. The molecule has 28 heavy (non-hydrogen) atoms. The highest BCUT2D eigenvalue weighted by molar-refractivity contribution is 5.86. The van der Waals surface area contributed by atoms with Crippen molar-refractivity contribution in [1.29, 1.82) is 0 Å². The standard InChI is InChI=1S/C23H25NO4/c1-14(2)24-21(25)13-27-20-11-10-18-15(3)19(12-17-8-6-5-7-9-17)23(26)28-22(18)16(20)4/h5-11,14H,12-13H2,1-4H3,(H,24,25). The molecule has 0 spiro atoms. The average molecular weight is 379 g/mol. The fourth-order valence-corrected chi connectivity index (χ4v) is 3.24. The van der Waals surface area contributed by atoms with E-state index in [4.69, 9.17) is 9.15 Å². The summed E-state index contributed by atoms with van der Waals surface area (Å²) in [6.45, 7) is 7.47. The van der Waals surface area contributed by atoms with Crippen LogP contribution in [-0.4, -0.2) is 18.6 Å². The van der Waals surface area contributed by atoms with Crippen LogP contribution in [0, 0.1) is 13.8 Å². The Balaban J connectivity index is 1.92. The topological polar surface area (TPSA) is 68.5 Å². The molecule has 1 amide bonds. The maximum atomic E-state index is 12.6. The fraction of sp³-hybridized carbons (Fsp3) is 0.304. The number of rotatable bonds is 6. The number of hydrogen-bond acceptors (Lipinski definition) is 4. The highest BCUT2D eigenvalue weighted by atomic mass is 16.5. The predicted molar refractivity (Wildman–Crippen MR) is 110 cm³/mol. The number of ether oxygens (including phenoxy) is 1. The molecule has 0 saturated heterocycles. The van der Waals surface area contributed by atoms with E-state index < -0.39 is 0 Å². The summed E-state index contributed by atoms with van der Waals surface area (Å²) in [5, 5.41) is 3.66. The molecule has 2 aromatic carbocycles. The van der Waals surface area contributed by atoms with E-state index in [1.807, 2.05) is 70.2 Å². The first kappa shape index (κ1) is 19.7. The van der Waals surface area contributed by atoms with Gasteiger partial charge in [0.15, 0.2) is 6.61 Å². The Morgan fingerprint density at radius 3 is 2.46 bits per heavy atom. The Morgan fingerprint density at radius 1 is 1.07 bits per heavy atom. The molecule has 0 unspecified atom stereocenters. The number of carbonyl (C=O) groups is 1. The molecule has 1 aromatic heterocycles. The molecule has 0 aliphatic rings. The summed E-state index contributed by atoms with van der Waals surface area (Å²) in [5.74, 6) is 0.343. The minimum absolute atomic E-state index is 0.0532. The fourth-order valence-electron chi connectivity index (χ4n) is 3.24. The minimum Gasteiger partial charge on any atom is -0.483 e. The quantitative estimate of drug-likeness (QED) is 0.660. The Morgan fingerprint density at radius 2 is 1.79 bits per heavy atom. The Labute approximate surface area is 164 Å². The van der Waals surface area contributed by atoms with E-state index in [0.29, 0.717) is 28.9 Å².